The lowest BCUT2D eigenvalue weighted by Crippen LogP contribution is -2.17. The summed E-state index contributed by atoms with van der Waals surface area (Å²) in [4.78, 5) is 19.0. The highest BCUT2D eigenvalue weighted by Crippen LogP contribution is 2.44. The molecule has 5 nitrogen and oxygen atoms in total. The molecule has 0 bridgehead atoms. The van der Waals surface area contributed by atoms with E-state index in [9.17, 15) is 15.0 Å². The lowest BCUT2D eigenvalue weighted by molar-refractivity contribution is 0.104. The van der Waals surface area contributed by atoms with E-state index in [-0.39, 0.29) is 22.6 Å². The van der Waals surface area contributed by atoms with Crippen LogP contribution in [0.25, 0.3) is 27.6 Å². The number of aryl methyl sites for hydroxylation is 1. The number of furan rings is 1. The van der Waals surface area contributed by atoms with E-state index in [1.807, 2.05) is 36.6 Å². The fourth-order valence-corrected chi connectivity index (χ4v) is 5.73. The second kappa shape index (κ2) is 8.07. The Hall–Kier alpha value is -3.38. The van der Waals surface area contributed by atoms with Gasteiger partial charge < -0.3 is 14.6 Å². The van der Waals surface area contributed by atoms with Gasteiger partial charge in [0.25, 0.3) is 5.95 Å². The molecule has 0 aliphatic heterocycles. The first kappa shape index (κ1) is 24.3. The molecule has 1 aliphatic carbocycles. The van der Waals surface area contributed by atoms with E-state index >= 15 is 0 Å². The number of hydrogen-bond acceptors (Lipinski definition) is 6. The van der Waals surface area contributed by atoms with Gasteiger partial charge in [-0.25, -0.2) is 4.98 Å². The quantitative estimate of drug-likeness (QED) is 0.275. The summed E-state index contributed by atoms with van der Waals surface area (Å²) in [6, 6.07) is 7.64. The Bertz CT molecular complexity index is 1540. The molecule has 0 saturated carbocycles. The summed E-state index contributed by atoms with van der Waals surface area (Å²) in [5.41, 5.74) is 6.54. The smallest absolute Gasteiger partial charge is 0.293 e. The van der Waals surface area contributed by atoms with Gasteiger partial charge >= 0.3 is 0 Å². The third-order valence-electron chi connectivity index (χ3n) is 6.68. The molecular weight excluding hydrogens is 470 g/mol. The van der Waals surface area contributed by atoms with Gasteiger partial charge in [-0.3, -0.25) is 4.79 Å². The van der Waals surface area contributed by atoms with Crippen LogP contribution in [0.3, 0.4) is 0 Å². The summed E-state index contributed by atoms with van der Waals surface area (Å²) in [7, 11) is 0. The van der Waals surface area contributed by atoms with Crippen LogP contribution in [0.15, 0.2) is 39.6 Å². The Morgan fingerprint density at radius 2 is 1.64 bits per heavy atom. The average Bonchev–Trinajstić information content (AvgIpc) is 3.41. The number of pyridine rings is 1. The number of aromatic nitrogens is 1. The predicted molar refractivity (Wildman–Crippen MR) is 145 cm³/mol. The minimum atomic E-state index is -0.258. The molecule has 186 valence electrons. The van der Waals surface area contributed by atoms with Gasteiger partial charge in [-0.1, -0.05) is 41.5 Å². The Labute approximate surface area is 215 Å². The monoisotopic (exact) mass is 501 g/mol. The summed E-state index contributed by atoms with van der Waals surface area (Å²) >= 11 is 1.52. The highest BCUT2D eigenvalue weighted by Gasteiger charge is 2.31. The van der Waals surface area contributed by atoms with Crippen molar-refractivity contribution in [2.75, 3.05) is 0 Å². The number of allylic oxidation sites excluding steroid dienone is 1. The normalized spacial score (nSPS) is 15.3. The number of hydrogen-bond donors (Lipinski definition) is 2. The Morgan fingerprint density at radius 3 is 2.19 bits per heavy atom. The van der Waals surface area contributed by atoms with Crippen LogP contribution in [0, 0.1) is 6.92 Å². The van der Waals surface area contributed by atoms with Crippen LogP contribution in [-0.4, -0.2) is 21.0 Å². The number of thiophene rings is 1. The van der Waals surface area contributed by atoms with Crippen LogP contribution in [-0.2, 0) is 17.3 Å². The highest BCUT2D eigenvalue weighted by molar-refractivity contribution is 7.13. The van der Waals surface area contributed by atoms with Gasteiger partial charge in [-0.15, -0.1) is 11.3 Å². The molecule has 0 unspecified atom stereocenters. The zero-order valence-corrected chi connectivity index (χ0v) is 22.6. The van der Waals surface area contributed by atoms with Gasteiger partial charge in [0.15, 0.2) is 11.4 Å². The Balaban J connectivity index is 1.61. The van der Waals surface area contributed by atoms with Crippen LogP contribution >= 0.6 is 11.3 Å². The van der Waals surface area contributed by atoms with Gasteiger partial charge in [0, 0.05) is 33.6 Å². The molecule has 1 aliphatic rings. The lowest BCUT2D eigenvalue weighted by Gasteiger charge is -2.28. The van der Waals surface area contributed by atoms with Gasteiger partial charge in [0.05, 0.1) is 5.69 Å². The van der Waals surface area contributed by atoms with Crippen molar-refractivity contribution < 1.29 is 19.4 Å². The number of aromatic hydroxyl groups is 2. The van der Waals surface area contributed by atoms with Gasteiger partial charge in [0.1, 0.15) is 16.8 Å². The first-order valence-corrected chi connectivity index (χ1v) is 13.0. The molecular formula is C30H31NO4S. The third-order valence-corrected chi connectivity index (χ3v) is 7.75. The number of phenols is 1. The summed E-state index contributed by atoms with van der Waals surface area (Å²) < 4.78 is 5.61. The number of Topliss-reactive ketones (excluding diaryl/α,β-unsaturated/α-hetero) is 1. The number of fused-ring (bicyclic) bond motifs is 2. The molecule has 0 radical (unpaired) electrons. The molecule has 0 fully saturated rings. The van der Waals surface area contributed by atoms with Crippen molar-refractivity contribution in [3.63, 3.8) is 0 Å². The fraction of sp³-hybridized carbons (Fsp3) is 0.333. The van der Waals surface area contributed by atoms with Crippen LogP contribution < -0.4 is 0 Å². The molecule has 1 aromatic carbocycles. The van der Waals surface area contributed by atoms with Crippen molar-refractivity contribution in [2.45, 2.75) is 65.7 Å². The molecule has 0 saturated heterocycles. The number of carbonyl (C=O) groups excluding carboxylic acids is 1. The average molecular weight is 502 g/mol. The molecule has 2 N–H and O–H groups in total. The van der Waals surface area contributed by atoms with Crippen molar-refractivity contribution in [1.29, 1.82) is 0 Å². The molecule has 6 heteroatoms. The SMILES string of the molecule is Cc1csc(-c2c(O)oc3cc4c(nc23)CC(=Cc2cc(C(C)(C)C)c(O)c(C(C)(C)C)c2)C4=O)c1. The number of ketones is 1. The molecule has 3 heterocycles. The maximum absolute atomic E-state index is 13.4. The maximum Gasteiger partial charge on any atom is 0.293 e. The van der Waals surface area contributed by atoms with E-state index < -0.39 is 0 Å². The molecule has 36 heavy (non-hydrogen) atoms. The summed E-state index contributed by atoms with van der Waals surface area (Å²) in [5.74, 6) is 0.0441. The van der Waals surface area contributed by atoms with E-state index in [1.54, 1.807) is 6.07 Å². The zero-order chi connectivity index (χ0) is 26.2. The molecule has 3 aromatic heterocycles. The van der Waals surface area contributed by atoms with Crippen molar-refractivity contribution in [3.05, 3.63) is 68.7 Å². The van der Waals surface area contributed by atoms with E-state index in [0.717, 1.165) is 27.1 Å². The molecule has 0 spiro atoms. The minimum absolute atomic E-state index is 0.0912. The summed E-state index contributed by atoms with van der Waals surface area (Å²) in [5, 5.41) is 23.5. The van der Waals surface area contributed by atoms with Gasteiger partial charge in [-0.2, -0.15) is 0 Å². The highest BCUT2D eigenvalue weighted by atomic mass is 32.1. The first-order chi connectivity index (χ1) is 16.7. The van der Waals surface area contributed by atoms with Crippen molar-refractivity contribution in [3.8, 4) is 22.1 Å². The largest absolute Gasteiger partial charge is 0.507 e. The number of carbonyl (C=O) groups is 1. The van der Waals surface area contributed by atoms with Crippen LogP contribution in [0.4, 0.5) is 0 Å². The third kappa shape index (κ3) is 4.03. The van der Waals surface area contributed by atoms with E-state index in [1.165, 1.54) is 11.3 Å². The number of rotatable bonds is 2. The molecule has 4 aromatic rings. The number of nitrogens with zero attached hydrogens (tertiary/aromatic N) is 1. The predicted octanol–water partition coefficient (Wildman–Crippen LogP) is 7.69. The standard InChI is InChI=1S/C30H31NO4S/c1-15-8-23(36-14-15)24-25-22(35-28(24)34)13-18-21(31-25)12-17(26(18)32)9-16-10-19(29(2,3)4)27(33)20(11-16)30(5,6)7/h8-11,13-14,33-34H,12H2,1-7H3. The van der Waals surface area contributed by atoms with E-state index in [4.69, 9.17) is 9.40 Å². The van der Waals surface area contributed by atoms with Crippen LogP contribution in [0.1, 0.15) is 79.8 Å². The summed E-state index contributed by atoms with van der Waals surface area (Å²) in [6.07, 6.45) is 2.31. The van der Waals surface area contributed by atoms with Gasteiger partial charge in [0.2, 0.25) is 0 Å². The molecule has 5 rings (SSSR count). The lowest BCUT2D eigenvalue weighted by atomic mass is 9.78. The Morgan fingerprint density at radius 1 is 1.00 bits per heavy atom. The molecule has 0 atom stereocenters. The fourth-order valence-electron chi connectivity index (χ4n) is 4.80. The topological polar surface area (TPSA) is 83.6 Å². The minimum Gasteiger partial charge on any atom is -0.507 e. The van der Waals surface area contributed by atoms with Crippen LogP contribution in [0.2, 0.25) is 0 Å². The van der Waals surface area contributed by atoms with Crippen LogP contribution in [0.5, 0.6) is 11.7 Å². The number of benzene rings is 1. The Kier molecular flexibility index (Phi) is 5.45. The molecule has 0 amide bonds. The van der Waals surface area contributed by atoms with Crippen molar-refractivity contribution >= 4 is 34.3 Å². The zero-order valence-electron chi connectivity index (χ0n) is 21.7. The van der Waals surface area contributed by atoms with Crippen molar-refractivity contribution in [2.24, 2.45) is 0 Å². The first-order valence-electron chi connectivity index (χ1n) is 12.1. The van der Waals surface area contributed by atoms with Gasteiger partial charge in [-0.05, 0) is 64.6 Å². The van der Waals surface area contributed by atoms with E-state index in [2.05, 4.69) is 41.5 Å². The maximum atomic E-state index is 13.4. The number of phenolic OH excluding ortho intramolecular Hbond substituents is 1. The van der Waals surface area contributed by atoms with Crippen molar-refractivity contribution in [1.82, 2.24) is 4.98 Å². The van der Waals surface area contributed by atoms with E-state index in [0.29, 0.717) is 45.7 Å². The second-order valence-corrected chi connectivity index (χ2v) is 12.7. The second-order valence-electron chi connectivity index (χ2n) is 11.7. The summed E-state index contributed by atoms with van der Waals surface area (Å²) in [6.45, 7) is 14.4.